The highest BCUT2D eigenvalue weighted by atomic mass is 32.2. The van der Waals surface area contributed by atoms with Crippen molar-refractivity contribution in [2.75, 3.05) is 5.75 Å². The summed E-state index contributed by atoms with van der Waals surface area (Å²) in [6, 6.07) is 8.12. The quantitative estimate of drug-likeness (QED) is 0.224. The maximum Gasteiger partial charge on any atom is 0.264 e. The van der Waals surface area contributed by atoms with E-state index in [9.17, 15) is 8.42 Å². The first kappa shape index (κ1) is 20.4. The van der Waals surface area contributed by atoms with Crippen molar-refractivity contribution >= 4 is 48.8 Å². The smallest absolute Gasteiger partial charge is 0.264 e. The second kappa shape index (κ2) is 10.3. The molecule has 0 spiro atoms. The van der Waals surface area contributed by atoms with Crippen molar-refractivity contribution in [2.45, 2.75) is 57.8 Å². The van der Waals surface area contributed by atoms with E-state index in [1.54, 1.807) is 11.3 Å². The molecular weight excluding hydrogens is 374 g/mol. The number of hydrogen-bond acceptors (Lipinski definition) is 5. The summed E-state index contributed by atoms with van der Waals surface area (Å²) in [5.41, 5.74) is 1.03. The van der Waals surface area contributed by atoms with Crippen LogP contribution in [0.1, 0.15) is 62.8 Å². The third-order valence-corrected chi connectivity index (χ3v) is 6.52. The summed E-state index contributed by atoms with van der Waals surface area (Å²) < 4.78 is 31.0. The first-order valence-electron chi connectivity index (χ1n) is 8.80. The molecule has 0 amide bonds. The minimum Gasteiger partial charge on any atom is -0.286 e. The van der Waals surface area contributed by atoms with Crippen LogP contribution in [0.2, 0.25) is 0 Å². The number of rotatable bonds is 12. The van der Waals surface area contributed by atoms with E-state index in [0.29, 0.717) is 6.42 Å². The van der Waals surface area contributed by atoms with Gasteiger partial charge in [-0.1, -0.05) is 62.9 Å². The summed E-state index contributed by atoms with van der Waals surface area (Å²) in [4.78, 5) is 5.57. The Hall–Kier alpha value is -0.890. The van der Waals surface area contributed by atoms with Gasteiger partial charge in [0.1, 0.15) is 5.01 Å². The van der Waals surface area contributed by atoms with Crippen molar-refractivity contribution in [1.82, 2.24) is 4.98 Å². The van der Waals surface area contributed by atoms with Gasteiger partial charge in [-0.3, -0.25) is 4.55 Å². The molecule has 0 saturated heterocycles. The summed E-state index contributed by atoms with van der Waals surface area (Å²) in [7, 11) is -3.79. The molecule has 0 unspecified atom stereocenters. The molecule has 1 N–H and O–H groups in total. The molecule has 0 fully saturated rings. The number of unbranched alkanes of at least 4 members (excludes halogenated alkanes) is 7. The Balaban J connectivity index is 1.52. The van der Waals surface area contributed by atoms with Crippen LogP contribution < -0.4 is 0 Å². The monoisotopic (exact) mass is 399 g/mol. The lowest BCUT2D eigenvalue weighted by Gasteiger charge is -2.02. The molecule has 7 heteroatoms. The van der Waals surface area contributed by atoms with Crippen LogP contribution in [0.15, 0.2) is 24.3 Å². The Kier molecular flexibility index (Phi) is 8.42. The third kappa shape index (κ3) is 7.90. The zero-order valence-electron chi connectivity index (χ0n) is 14.3. The predicted octanol–water partition coefficient (Wildman–Crippen LogP) is 5.41. The summed E-state index contributed by atoms with van der Waals surface area (Å²) in [5, 5.41) is 0.982. The first-order chi connectivity index (χ1) is 12.0. The van der Waals surface area contributed by atoms with Gasteiger partial charge < -0.3 is 0 Å². The minimum atomic E-state index is -3.79. The molecule has 4 nitrogen and oxygen atoms in total. The van der Waals surface area contributed by atoms with Gasteiger partial charge >= 0.3 is 0 Å². The van der Waals surface area contributed by atoms with Gasteiger partial charge in [0.2, 0.25) is 0 Å². The molecule has 0 radical (unpaired) electrons. The molecule has 2 aromatic rings. The molecule has 138 valence electrons. The van der Waals surface area contributed by atoms with E-state index in [1.165, 1.54) is 17.5 Å². The van der Waals surface area contributed by atoms with Crippen molar-refractivity contribution in [3.05, 3.63) is 29.3 Å². The van der Waals surface area contributed by atoms with Crippen LogP contribution in [0.25, 0.3) is 10.2 Å². The van der Waals surface area contributed by atoms with Crippen molar-refractivity contribution in [3.63, 3.8) is 0 Å². The molecule has 0 aliphatic heterocycles. The van der Waals surface area contributed by atoms with Crippen LogP contribution in [-0.4, -0.2) is 28.6 Å². The number of hydrogen-bond donors (Lipinski definition) is 1. The number of aromatic nitrogens is 1. The Morgan fingerprint density at radius 3 is 2.24 bits per heavy atom. The van der Waals surface area contributed by atoms with Gasteiger partial charge in [0.05, 0.1) is 20.8 Å². The fraction of sp³-hybridized carbons (Fsp3) is 0.556. The van der Waals surface area contributed by atoms with Crippen molar-refractivity contribution in [2.24, 2.45) is 0 Å². The lowest BCUT2D eigenvalue weighted by molar-refractivity contribution is 0.478. The summed E-state index contributed by atoms with van der Waals surface area (Å²) >= 11 is 7.19. The Labute approximate surface area is 159 Å². The number of fused-ring (bicyclic) bond motifs is 1. The molecule has 0 atom stereocenters. The fourth-order valence-electron chi connectivity index (χ4n) is 2.73. The molecule has 0 aliphatic carbocycles. The Bertz CT molecular complexity index is 751. The van der Waals surface area contributed by atoms with Crippen LogP contribution >= 0.6 is 23.6 Å². The first-order valence-corrected chi connectivity index (χ1v) is 11.6. The zero-order valence-corrected chi connectivity index (χ0v) is 16.8. The second-order valence-corrected chi connectivity index (χ2v) is 9.37. The molecule has 0 bridgehead atoms. The van der Waals surface area contributed by atoms with Crippen LogP contribution in [0.4, 0.5) is 0 Å². The lowest BCUT2D eigenvalue weighted by Crippen LogP contribution is -2.03. The van der Waals surface area contributed by atoms with Crippen molar-refractivity contribution < 1.29 is 13.0 Å². The fourth-order valence-corrected chi connectivity index (χ4v) is 4.55. The highest BCUT2D eigenvalue weighted by Crippen LogP contribution is 2.23. The van der Waals surface area contributed by atoms with Crippen LogP contribution in [-0.2, 0) is 10.1 Å². The maximum atomic E-state index is 10.6. The molecular formula is C18H25NO3S3. The van der Waals surface area contributed by atoms with Gasteiger partial charge in [-0.25, -0.2) is 4.98 Å². The van der Waals surface area contributed by atoms with Gasteiger partial charge in [-0.2, -0.15) is 8.42 Å². The van der Waals surface area contributed by atoms with E-state index in [-0.39, 0.29) is 5.75 Å². The van der Waals surface area contributed by atoms with Crippen LogP contribution in [0, 0.1) is 0 Å². The lowest BCUT2D eigenvalue weighted by atomic mass is 10.1. The molecule has 0 saturated carbocycles. The molecule has 2 rings (SSSR count). The molecule has 1 aromatic carbocycles. The van der Waals surface area contributed by atoms with Gasteiger partial charge in [0, 0.05) is 0 Å². The van der Waals surface area contributed by atoms with E-state index in [2.05, 4.69) is 11.1 Å². The van der Waals surface area contributed by atoms with Gasteiger partial charge in [0.25, 0.3) is 10.1 Å². The van der Waals surface area contributed by atoms with Crippen LogP contribution in [0.5, 0.6) is 0 Å². The molecule has 25 heavy (non-hydrogen) atoms. The van der Waals surface area contributed by atoms with Gasteiger partial charge in [-0.15, -0.1) is 11.3 Å². The number of nitrogens with zero attached hydrogens (tertiary/aromatic N) is 1. The largest absolute Gasteiger partial charge is 0.286 e. The highest BCUT2D eigenvalue weighted by molar-refractivity contribution is 7.85. The number of benzene rings is 1. The summed E-state index contributed by atoms with van der Waals surface area (Å²) in [5.74, 6) is -0.115. The van der Waals surface area contributed by atoms with Crippen LogP contribution in [0.3, 0.4) is 0 Å². The highest BCUT2D eigenvalue weighted by Gasteiger charge is 2.08. The second-order valence-electron chi connectivity index (χ2n) is 6.27. The van der Waals surface area contributed by atoms with E-state index < -0.39 is 10.1 Å². The van der Waals surface area contributed by atoms with E-state index in [4.69, 9.17) is 16.8 Å². The topological polar surface area (TPSA) is 67.3 Å². The minimum absolute atomic E-state index is 0.115. The third-order valence-electron chi connectivity index (χ3n) is 4.09. The molecule has 1 heterocycles. The Morgan fingerprint density at radius 1 is 1.00 bits per heavy atom. The Morgan fingerprint density at radius 2 is 1.60 bits per heavy atom. The normalized spacial score (nSPS) is 11.9. The summed E-state index contributed by atoms with van der Waals surface area (Å²) in [6.45, 7) is 0. The predicted molar refractivity (Wildman–Crippen MR) is 109 cm³/mol. The van der Waals surface area contributed by atoms with Gasteiger partial charge in [-0.05, 0) is 31.4 Å². The van der Waals surface area contributed by atoms with E-state index in [1.807, 2.05) is 18.2 Å². The molecule has 1 aromatic heterocycles. The standard InChI is InChI=1S/C18H25NO3S3/c20-25(21,22)14-10-6-4-2-1-3-5-7-12-16(23)18-19-15-11-8-9-13-17(15)24-18/h8-9,11,13H,1-7,10,12,14H2,(H,20,21,22). The maximum absolute atomic E-state index is 10.6. The number of para-hydroxylation sites is 1. The average molecular weight is 400 g/mol. The van der Waals surface area contributed by atoms with Crippen molar-refractivity contribution in [3.8, 4) is 0 Å². The summed E-state index contributed by atoms with van der Waals surface area (Å²) in [6.07, 6.45) is 9.09. The van der Waals surface area contributed by atoms with Crippen molar-refractivity contribution in [1.29, 1.82) is 0 Å². The van der Waals surface area contributed by atoms with E-state index >= 15 is 0 Å². The van der Waals surface area contributed by atoms with Gasteiger partial charge in [0.15, 0.2) is 0 Å². The number of thiocarbonyl (C=S) groups is 1. The average Bonchev–Trinajstić information content (AvgIpc) is 2.99. The SMILES string of the molecule is O=S(=O)(O)CCCCCCCCCCC(=S)c1nc2ccccc2s1. The zero-order chi connectivity index (χ0) is 18.1. The molecule has 0 aliphatic rings. The van der Waals surface area contributed by atoms with E-state index in [0.717, 1.165) is 53.9 Å². The number of thiazole rings is 1.